The van der Waals surface area contributed by atoms with E-state index in [1.54, 1.807) is 0 Å². The number of hydrogen-bond acceptors (Lipinski definition) is 2. The zero-order valence-corrected chi connectivity index (χ0v) is 17.2. The van der Waals surface area contributed by atoms with Crippen molar-refractivity contribution in [2.24, 2.45) is 0 Å². The smallest absolute Gasteiger partial charge is 0.0658 e. The molecule has 4 nitrogen and oxygen atoms in total. The third-order valence-corrected chi connectivity index (χ3v) is 4.04. The molecule has 6 heteroatoms. The molecule has 2 aliphatic heterocycles. The van der Waals surface area contributed by atoms with Gasteiger partial charge < -0.3 is 9.97 Å². The molecule has 0 aromatic carbocycles. The molecule has 0 saturated carbocycles. The maximum absolute atomic E-state index is 4.63. The van der Waals surface area contributed by atoms with Crippen molar-refractivity contribution < 1.29 is 43.3 Å². The Labute approximate surface area is 180 Å². The molecule has 2 N–H and O–H groups in total. The van der Waals surface area contributed by atoms with E-state index in [4.69, 9.17) is 0 Å². The summed E-state index contributed by atoms with van der Waals surface area (Å²) in [6, 6.07) is 16.4. The fourth-order valence-corrected chi connectivity index (χ4v) is 2.94. The molecule has 0 fully saturated rings. The van der Waals surface area contributed by atoms with Crippen LogP contribution in [0.1, 0.15) is 22.8 Å². The molecule has 0 saturated heterocycles. The average Bonchev–Trinajstić information content (AvgIpc) is 3.32. The van der Waals surface area contributed by atoms with Crippen LogP contribution in [0.4, 0.5) is 0 Å². The number of aromatic nitrogens is 4. The number of nitrogens with zero attached hydrogens (tertiary/aromatic N) is 2. The summed E-state index contributed by atoms with van der Waals surface area (Å²) in [6.07, 6.45) is 8.09. The summed E-state index contributed by atoms with van der Waals surface area (Å²) < 4.78 is 0. The molecule has 0 aliphatic carbocycles. The number of H-pyrrole nitrogens is 2. The zero-order chi connectivity index (χ0) is 15.9. The summed E-state index contributed by atoms with van der Waals surface area (Å²) in [7, 11) is 0. The van der Waals surface area contributed by atoms with Gasteiger partial charge in [0.1, 0.15) is 0 Å². The van der Waals surface area contributed by atoms with Gasteiger partial charge in [-0.25, -0.2) is 9.97 Å². The van der Waals surface area contributed by atoms with Crippen molar-refractivity contribution in [3.63, 3.8) is 0 Å². The summed E-state index contributed by atoms with van der Waals surface area (Å²) in [5.74, 6) is 0. The summed E-state index contributed by atoms with van der Waals surface area (Å²) in [5, 5.41) is 0. The second kappa shape index (κ2) is 7.71. The number of nitrogens with one attached hydrogen (secondary N) is 2. The molecule has 0 amide bonds. The average molecular weight is 457 g/mol. The Hall–Kier alpha value is -2.00. The van der Waals surface area contributed by atoms with Crippen LogP contribution in [0, 0.1) is 0 Å². The van der Waals surface area contributed by atoms with Gasteiger partial charge in [-0.05, 0) is 72.8 Å². The first-order chi connectivity index (χ1) is 11.8. The van der Waals surface area contributed by atoms with Crippen molar-refractivity contribution >= 4 is 46.4 Å². The molecule has 0 atom stereocenters. The molecular weight excluding hydrogens is 443 g/mol. The minimum Gasteiger partial charge on any atom is -0.355 e. The number of aromatic amines is 2. The fourth-order valence-electron chi connectivity index (χ4n) is 2.94. The fraction of sp³-hybridized carbons (Fsp3) is 0. The van der Waals surface area contributed by atoms with E-state index in [-0.39, 0.29) is 43.3 Å². The van der Waals surface area contributed by atoms with E-state index < -0.39 is 0 Å². The Morgan fingerprint density at radius 2 is 0.769 bits per heavy atom. The van der Waals surface area contributed by atoms with Crippen molar-refractivity contribution in [3.8, 4) is 0 Å². The normalized spacial score (nSPS) is 11.7. The molecule has 3 aromatic rings. The molecule has 26 heavy (non-hydrogen) atoms. The molecule has 0 unspecified atom stereocenters. The quantitative estimate of drug-likeness (QED) is 0.333. The summed E-state index contributed by atoms with van der Waals surface area (Å²) in [6.45, 7) is 0. The Kier molecular flexibility index (Phi) is 5.57. The minimum atomic E-state index is 0. The maximum atomic E-state index is 4.63. The van der Waals surface area contributed by atoms with E-state index in [1.165, 1.54) is 0 Å². The van der Waals surface area contributed by atoms with Crippen molar-refractivity contribution in [2.45, 2.75) is 0 Å². The van der Waals surface area contributed by atoms with E-state index in [9.17, 15) is 0 Å². The van der Waals surface area contributed by atoms with Crippen LogP contribution in [0.15, 0.2) is 48.5 Å². The van der Waals surface area contributed by atoms with Crippen molar-refractivity contribution in [1.82, 2.24) is 19.9 Å². The van der Waals surface area contributed by atoms with Gasteiger partial charge in [-0.15, -0.1) is 0 Å². The van der Waals surface area contributed by atoms with Crippen LogP contribution in [-0.2, 0) is 43.3 Å². The molecule has 0 radical (unpaired) electrons. The summed E-state index contributed by atoms with van der Waals surface area (Å²) >= 11 is 0. The Morgan fingerprint density at radius 1 is 0.500 bits per heavy atom. The molecule has 3 aromatic heterocycles. The zero-order valence-electron chi connectivity index (χ0n) is 13.7. The predicted octanol–water partition coefficient (Wildman–Crippen LogP) is 4.65. The van der Waals surface area contributed by atoms with E-state index in [2.05, 4.69) is 44.2 Å². The van der Waals surface area contributed by atoms with Crippen LogP contribution < -0.4 is 0 Å². The van der Waals surface area contributed by atoms with Crippen molar-refractivity contribution in [1.29, 1.82) is 0 Å². The predicted molar refractivity (Wildman–Crippen MR) is 98.9 cm³/mol. The van der Waals surface area contributed by atoms with E-state index >= 15 is 0 Å². The first-order valence-corrected chi connectivity index (χ1v) is 7.85. The van der Waals surface area contributed by atoms with Crippen LogP contribution in [0.25, 0.3) is 46.4 Å². The SMILES string of the molecule is C1=Cc2cc3ccc(cc4nc(cc5ccc(cc1n2)[nH]5)C=C4)[nH]3.[Fe].[Zr]. The van der Waals surface area contributed by atoms with Gasteiger partial charge in [0, 0.05) is 65.3 Å². The first kappa shape index (κ1) is 18.8. The van der Waals surface area contributed by atoms with E-state index in [0.717, 1.165) is 44.8 Å². The summed E-state index contributed by atoms with van der Waals surface area (Å²) in [5.41, 5.74) is 7.86. The molecule has 5 heterocycles. The maximum Gasteiger partial charge on any atom is 0.0658 e. The van der Waals surface area contributed by atoms with Crippen molar-refractivity contribution in [2.75, 3.05) is 0 Å². The number of rotatable bonds is 0. The largest absolute Gasteiger partial charge is 0.355 e. The number of fused-ring (bicyclic) bond motifs is 8. The van der Waals surface area contributed by atoms with Gasteiger partial charge in [0.25, 0.3) is 0 Å². The van der Waals surface area contributed by atoms with Crippen molar-refractivity contribution in [3.05, 3.63) is 71.3 Å². The molecule has 126 valence electrons. The Bertz CT molecular complexity index is 996. The molecule has 0 spiro atoms. The Balaban J connectivity index is 0.000000980. The van der Waals surface area contributed by atoms with Gasteiger partial charge in [0.15, 0.2) is 0 Å². The second-order valence-electron chi connectivity index (χ2n) is 5.91. The van der Waals surface area contributed by atoms with Gasteiger partial charge in [-0.3, -0.25) is 0 Å². The van der Waals surface area contributed by atoms with E-state index in [1.807, 2.05) is 48.6 Å². The minimum absolute atomic E-state index is 0. The molecular formula is C20H14FeN4Zr. The molecule has 2 aliphatic rings. The number of hydrogen-bond donors (Lipinski definition) is 2. The van der Waals surface area contributed by atoms with Gasteiger partial charge in [-0.2, -0.15) is 0 Å². The van der Waals surface area contributed by atoms with Crippen LogP contribution in [0.5, 0.6) is 0 Å². The van der Waals surface area contributed by atoms with Gasteiger partial charge in [0.05, 0.1) is 22.8 Å². The summed E-state index contributed by atoms with van der Waals surface area (Å²) in [4.78, 5) is 16.0. The molecule has 5 rings (SSSR count). The first-order valence-electron chi connectivity index (χ1n) is 7.85. The van der Waals surface area contributed by atoms with Crippen LogP contribution >= 0.6 is 0 Å². The third kappa shape index (κ3) is 3.88. The van der Waals surface area contributed by atoms with Crippen LogP contribution in [-0.4, -0.2) is 19.9 Å². The topological polar surface area (TPSA) is 57.4 Å². The monoisotopic (exact) mass is 456 g/mol. The van der Waals surface area contributed by atoms with Crippen LogP contribution in [0.3, 0.4) is 0 Å². The van der Waals surface area contributed by atoms with Gasteiger partial charge in [0.2, 0.25) is 0 Å². The standard InChI is InChI=1S/C20H14N4.Fe.Zr/c1-2-14-10-16-5-6-18(23-16)12-20-8-7-19(24-20)11-17-4-3-15(22-17)9-13(1)21-14;;/h1-12,21,24H;;. The molecule has 8 bridgehead atoms. The van der Waals surface area contributed by atoms with Crippen LogP contribution in [0.2, 0.25) is 0 Å². The second-order valence-corrected chi connectivity index (χ2v) is 5.91. The van der Waals surface area contributed by atoms with E-state index in [0.29, 0.717) is 0 Å². The third-order valence-electron chi connectivity index (χ3n) is 4.04. The van der Waals surface area contributed by atoms with Gasteiger partial charge >= 0.3 is 0 Å². The Morgan fingerprint density at radius 3 is 1.04 bits per heavy atom. The van der Waals surface area contributed by atoms with Gasteiger partial charge in [-0.1, -0.05) is 0 Å².